The fraction of sp³-hybridized carbons (Fsp3) is 0.750. The van der Waals surface area contributed by atoms with Gasteiger partial charge in [0.2, 0.25) is 0 Å². The molecule has 0 N–H and O–H groups in total. The van der Waals surface area contributed by atoms with E-state index >= 15 is 0 Å². The zero-order valence-electron chi connectivity index (χ0n) is 20.7. The third-order valence-electron chi connectivity index (χ3n) is 6.57. The summed E-state index contributed by atoms with van der Waals surface area (Å²) >= 11 is 0. The molecule has 0 unspecified atom stereocenters. The summed E-state index contributed by atoms with van der Waals surface area (Å²) in [6, 6.07) is 3.92. The molecule has 0 aromatic heterocycles. The third kappa shape index (κ3) is 9.25. The lowest BCUT2D eigenvalue weighted by atomic mass is 9.91. The Bertz CT molecular complexity index is 662. The molecule has 3 nitrogen and oxygen atoms in total. The van der Waals surface area contributed by atoms with Crippen LogP contribution in [0.3, 0.4) is 0 Å². The number of hydrogen-bond acceptors (Lipinski definition) is 3. The second kappa shape index (κ2) is 13.8. The van der Waals surface area contributed by atoms with Gasteiger partial charge in [-0.3, -0.25) is 4.79 Å². The van der Waals surface area contributed by atoms with Gasteiger partial charge in [-0.2, -0.15) is 0 Å². The van der Waals surface area contributed by atoms with E-state index in [0.717, 1.165) is 42.6 Å². The summed E-state index contributed by atoms with van der Waals surface area (Å²) in [6.45, 7) is 6.49. The molecular weight excluding hydrogens is 384 g/mol. The summed E-state index contributed by atoms with van der Waals surface area (Å²) in [5.74, 6) is 1.72. The van der Waals surface area contributed by atoms with Crippen molar-refractivity contribution in [1.82, 2.24) is 0 Å². The number of ether oxygens (including phenoxy) is 2. The van der Waals surface area contributed by atoms with Crippen LogP contribution in [0.15, 0.2) is 12.1 Å². The monoisotopic (exact) mass is 430 g/mol. The number of hydrogen-bond donors (Lipinski definition) is 0. The van der Waals surface area contributed by atoms with Crippen LogP contribution in [0, 0.1) is 0 Å². The Balaban J connectivity index is 1.62. The third-order valence-corrected chi connectivity index (χ3v) is 6.57. The molecule has 1 aromatic carbocycles. The van der Waals surface area contributed by atoms with Gasteiger partial charge in [0.15, 0.2) is 5.78 Å². The first kappa shape index (κ1) is 25.7. The van der Waals surface area contributed by atoms with E-state index in [1.165, 1.54) is 70.6 Å². The molecule has 0 aliphatic carbocycles. The minimum absolute atomic E-state index is 0.155. The first-order valence-corrected chi connectivity index (χ1v) is 12.9. The first-order valence-electron chi connectivity index (χ1n) is 12.9. The highest BCUT2D eigenvalue weighted by Gasteiger charge is 2.28. The Morgan fingerprint density at radius 1 is 0.903 bits per heavy atom. The number of unbranched alkanes of at least 4 members (excludes halogenated alkanes) is 12. The summed E-state index contributed by atoms with van der Waals surface area (Å²) in [5.41, 5.74) is 1.70. The molecule has 0 saturated carbocycles. The van der Waals surface area contributed by atoms with Gasteiger partial charge in [-0.05, 0) is 44.7 Å². The maximum absolute atomic E-state index is 12.8. The van der Waals surface area contributed by atoms with Crippen molar-refractivity contribution in [1.29, 1.82) is 0 Å². The van der Waals surface area contributed by atoms with Gasteiger partial charge in [0, 0.05) is 12.5 Å². The first-order chi connectivity index (χ1) is 15.0. The summed E-state index contributed by atoms with van der Waals surface area (Å²) in [5, 5.41) is 0. The van der Waals surface area contributed by atoms with E-state index in [1.54, 1.807) is 7.11 Å². The number of benzene rings is 1. The van der Waals surface area contributed by atoms with Crippen LogP contribution in [0.25, 0.3) is 0 Å². The van der Waals surface area contributed by atoms with E-state index in [9.17, 15) is 4.79 Å². The Kier molecular flexibility index (Phi) is 11.5. The number of methoxy groups -OCH3 is 1. The molecule has 1 aromatic rings. The van der Waals surface area contributed by atoms with Gasteiger partial charge < -0.3 is 9.47 Å². The van der Waals surface area contributed by atoms with Crippen molar-refractivity contribution in [2.45, 2.75) is 129 Å². The number of ketones is 1. The second-order valence-corrected chi connectivity index (χ2v) is 9.94. The number of carbonyl (C=O) groups is 1. The molecule has 0 bridgehead atoms. The summed E-state index contributed by atoms with van der Waals surface area (Å²) < 4.78 is 11.6. The topological polar surface area (TPSA) is 35.5 Å². The molecule has 0 amide bonds. The van der Waals surface area contributed by atoms with Crippen LogP contribution >= 0.6 is 0 Å². The molecule has 1 heterocycles. The fourth-order valence-corrected chi connectivity index (χ4v) is 4.51. The molecular formula is C28H46O3. The van der Waals surface area contributed by atoms with Gasteiger partial charge in [0.1, 0.15) is 17.1 Å². The molecule has 0 atom stereocenters. The normalized spacial score (nSPS) is 14.7. The van der Waals surface area contributed by atoms with Gasteiger partial charge in [-0.25, -0.2) is 0 Å². The van der Waals surface area contributed by atoms with E-state index in [4.69, 9.17) is 9.47 Å². The maximum Gasteiger partial charge on any atom is 0.166 e. The number of Topliss-reactive ketones (excluding diaryl/α,β-unsaturated/α-hetero) is 1. The van der Waals surface area contributed by atoms with Crippen molar-refractivity contribution in [3.8, 4) is 11.5 Å². The summed E-state index contributed by atoms with van der Waals surface area (Å²) in [4.78, 5) is 12.8. The maximum atomic E-state index is 12.8. The smallest absolute Gasteiger partial charge is 0.166 e. The van der Waals surface area contributed by atoms with E-state index in [2.05, 4.69) is 20.8 Å². The fourth-order valence-electron chi connectivity index (χ4n) is 4.51. The molecule has 0 spiro atoms. The van der Waals surface area contributed by atoms with Crippen LogP contribution in [0.2, 0.25) is 0 Å². The molecule has 1 aliphatic heterocycles. The highest BCUT2D eigenvalue weighted by molar-refractivity contribution is 5.99. The van der Waals surface area contributed by atoms with Gasteiger partial charge >= 0.3 is 0 Å². The molecule has 0 fully saturated rings. The van der Waals surface area contributed by atoms with E-state index in [0.29, 0.717) is 12.2 Å². The molecule has 2 rings (SSSR count). The number of fused-ring (bicyclic) bond motifs is 1. The average molecular weight is 431 g/mol. The average Bonchev–Trinajstić information content (AvgIpc) is 2.75. The summed E-state index contributed by atoms with van der Waals surface area (Å²) in [7, 11) is 1.64. The Morgan fingerprint density at radius 3 is 2.00 bits per heavy atom. The molecule has 0 saturated heterocycles. The van der Waals surface area contributed by atoms with Crippen LogP contribution in [-0.4, -0.2) is 18.5 Å². The van der Waals surface area contributed by atoms with Crippen LogP contribution in [0.1, 0.15) is 133 Å². The van der Waals surface area contributed by atoms with Crippen LogP contribution in [0.5, 0.6) is 11.5 Å². The second-order valence-electron chi connectivity index (χ2n) is 9.94. The van der Waals surface area contributed by atoms with Crippen LogP contribution in [-0.2, 0) is 6.42 Å². The van der Waals surface area contributed by atoms with E-state index in [-0.39, 0.29) is 11.4 Å². The Morgan fingerprint density at radius 2 is 1.45 bits per heavy atom. The van der Waals surface area contributed by atoms with Crippen molar-refractivity contribution in [2.24, 2.45) is 0 Å². The Labute approximate surface area is 191 Å². The van der Waals surface area contributed by atoms with Crippen molar-refractivity contribution in [3.05, 3.63) is 23.3 Å². The van der Waals surface area contributed by atoms with Crippen molar-refractivity contribution < 1.29 is 14.3 Å². The largest absolute Gasteiger partial charge is 0.496 e. The molecule has 176 valence electrons. The molecule has 31 heavy (non-hydrogen) atoms. The van der Waals surface area contributed by atoms with Crippen molar-refractivity contribution >= 4 is 5.78 Å². The standard InChI is InChI=1S/C28H46O3/c1-5-6-7-8-9-10-11-12-13-14-15-16-17-18-25(29)24-21-23-19-20-28(2,3)31-26(23)22-27(24)30-4/h21-22H,5-20H2,1-4H3. The van der Waals surface area contributed by atoms with Crippen LogP contribution < -0.4 is 9.47 Å². The quantitative estimate of drug-likeness (QED) is 0.195. The number of aryl methyl sites for hydroxylation is 1. The molecule has 0 radical (unpaired) electrons. The number of carbonyl (C=O) groups excluding carboxylic acids is 1. The van der Waals surface area contributed by atoms with Gasteiger partial charge in [-0.15, -0.1) is 0 Å². The zero-order valence-corrected chi connectivity index (χ0v) is 20.7. The SMILES string of the molecule is CCCCCCCCCCCCCCCC(=O)c1cc2c(cc1OC)OC(C)(C)CC2. The molecule has 1 aliphatic rings. The van der Waals surface area contributed by atoms with E-state index < -0.39 is 0 Å². The lowest BCUT2D eigenvalue weighted by molar-refractivity contribution is 0.0841. The van der Waals surface area contributed by atoms with Crippen molar-refractivity contribution in [2.75, 3.05) is 7.11 Å². The van der Waals surface area contributed by atoms with Crippen LogP contribution in [0.4, 0.5) is 0 Å². The number of rotatable bonds is 16. The van der Waals surface area contributed by atoms with Crippen molar-refractivity contribution in [3.63, 3.8) is 0 Å². The highest BCUT2D eigenvalue weighted by atomic mass is 16.5. The minimum Gasteiger partial charge on any atom is -0.496 e. The minimum atomic E-state index is -0.155. The van der Waals surface area contributed by atoms with Gasteiger partial charge in [-0.1, -0.05) is 84.0 Å². The van der Waals surface area contributed by atoms with Gasteiger partial charge in [0.25, 0.3) is 0 Å². The lowest BCUT2D eigenvalue weighted by Crippen LogP contribution is -2.32. The predicted molar refractivity (Wildman–Crippen MR) is 131 cm³/mol. The highest BCUT2D eigenvalue weighted by Crippen LogP contribution is 2.38. The lowest BCUT2D eigenvalue weighted by Gasteiger charge is -2.33. The molecule has 3 heteroatoms. The van der Waals surface area contributed by atoms with Gasteiger partial charge in [0.05, 0.1) is 12.7 Å². The predicted octanol–water partition coefficient (Wildman–Crippen LogP) is 8.46. The van der Waals surface area contributed by atoms with E-state index in [1.807, 2.05) is 12.1 Å². The zero-order chi connectivity index (χ0) is 22.5. The Hall–Kier alpha value is -1.51. The summed E-state index contributed by atoms with van der Waals surface area (Å²) in [6.07, 6.45) is 19.7.